The molecule has 5 heteroatoms. The van der Waals surface area contributed by atoms with Crippen LogP contribution in [-0.2, 0) is 9.53 Å². The lowest BCUT2D eigenvalue weighted by Gasteiger charge is -2.33. The van der Waals surface area contributed by atoms with E-state index in [-0.39, 0.29) is 6.61 Å². The number of hydrogen-bond acceptors (Lipinski definition) is 2. The molecule has 82 valence electrons. The Kier molecular flexibility index (Phi) is 3.80. The van der Waals surface area contributed by atoms with E-state index >= 15 is 0 Å². The maximum absolute atomic E-state index is 11.8. The fourth-order valence-electron chi connectivity index (χ4n) is 1.91. The molecule has 1 aliphatic carbocycles. The number of alkyl halides is 2. The lowest BCUT2D eigenvalue weighted by molar-refractivity contribution is -0.165. The zero-order valence-corrected chi connectivity index (χ0v) is 7.97. The highest BCUT2D eigenvalue weighted by atomic mass is 19.3. The first-order chi connectivity index (χ1) is 6.57. The number of ether oxygens (including phenoxy) is 1. The highest BCUT2D eigenvalue weighted by Crippen LogP contribution is 2.36. The second kappa shape index (κ2) is 4.68. The minimum Gasteiger partial charge on any atom is -0.369 e. The van der Waals surface area contributed by atoms with Crippen molar-refractivity contribution in [3.63, 3.8) is 0 Å². The Balaban J connectivity index is 2.56. The van der Waals surface area contributed by atoms with Gasteiger partial charge in [-0.25, -0.2) is 0 Å². The molecule has 0 spiro atoms. The van der Waals surface area contributed by atoms with Gasteiger partial charge >= 0.3 is 6.61 Å². The third kappa shape index (κ3) is 2.64. The van der Waals surface area contributed by atoms with E-state index in [4.69, 9.17) is 5.73 Å². The number of rotatable bonds is 4. The van der Waals surface area contributed by atoms with Crippen LogP contribution in [0.25, 0.3) is 0 Å². The summed E-state index contributed by atoms with van der Waals surface area (Å²) in [5.41, 5.74) is 4.37. The van der Waals surface area contributed by atoms with Gasteiger partial charge in [0.05, 0.1) is 12.0 Å². The summed E-state index contributed by atoms with van der Waals surface area (Å²) in [7, 11) is 0. The van der Waals surface area contributed by atoms with Crippen LogP contribution in [-0.4, -0.2) is 19.1 Å². The van der Waals surface area contributed by atoms with Crippen LogP contribution in [0.3, 0.4) is 0 Å². The van der Waals surface area contributed by atoms with E-state index in [0.717, 1.165) is 19.3 Å². The lowest BCUT2D eigenvalue weighted by atomic mass is 9.74. The second-order valence-corrected chi connectivity index (χ2v) is 3.78. The van der Waals surface area contributed by atoms with E-state index in [1.165, 1.54) is 0 Å². The van der Waals surface area contributed by atoms with E-state index < -0.39 is 17.9 Å². The average molecular weight is 207 g/mol. The first-order valence-corrected chi connectivity index (χ1v) is 4.76. The van der Waals surface area contributed by atoms with Gasteiger partial charge in [-0.2, -0.15) is 8.78 Å². The van der Waals surface area contributed by atoms with Crippen molar-refractivity contribution in [2.24, 2.45) is 11.1 Å². The minimum absolute atomic E-state index is 0.250. The molecule has 0 aromatic rings. The average Bonchev–Trinajstić information content (AvgIpc) is 2.16. The van der Waals surface area contributed by atoms with Crippen LogP contribution in [0.5, 0.6) is 0 Å². The Bertz CT molecular complexity index is 203. The molecular weight excluding hydrogens is 192 g/mol. The van der Waals surface area contributed by atoms with Crippen LogP contribution in [0.4, 0.5) is 8.78 Å². The maximum Gasteiger partial charge on any atom is 0.345 e. The van der Waals surface area contributed by atoms with Gasteiger partial charge in [0.1, 0.15) is 0 Å². The molecule has 2 N–H and O–H groups in total. The molecule has 0 atom stereocenters. The van der Waals surface area contributed by atoms with Crippen molar-refractivity contribution in [3.8, 4) is 0 Å². The summed E-state index contributed by atoms with van der Waals surface area (Å²) in [6.07, 6.45) is 3.87. The number of primary amides is 1. The normalized spacial score (nSPS) is 21.1. The van der Waals surface area contributed by atoms with Crippen molar-refractivity contribution in [1.29, 1.82) is 0 Å². The minimum atomic E-state index is -2.83. The SMILES string of the molecule is NC(=O)C1(COC(F)F)CCCCC1. The molecule has 1 saturated carbocycles. The molecule has 1 aliphatic rings. The van der Waals surface area contributed by atoms with Gasteiger partial charge < -0.3 is 10.5 Å². The fraction of sp³-hybridized carbons (Fsp3) is 0.889. The molecule has 14 heavy (non-hydrogen) atoms. The zero-order chi connectivity index (χ0) is 10.6. The number of halogens is 2. The molecule has 0 unspecified atom stereocenters. The maximum atomic E-state index is 11.8. The highest BCUT2D eigenvalue weighted by Gasteiger charge is 2.38. The molecule has 0 heterocycles. The lowest BCUT2D eigenvalue weighted by Crippen LogP contribution is -2.43. The number of carbonyl (C=O) groups is 1. The summed E-state index contributed by atoms with van der Waals surface area (Å²) >= 11 is 0. The first kappa shape index (κ1) is 11.4. The Hall–Kier alpha value is -0.710. The van der Waals surface area contributed by atoms with Crippen LogP contribution >= 0.6 is 0 Å². The van der Waals surface area contributed by atoms with E-state index in [9.17, 15) is 13.6 Å². The molecule has 0 aromatic carbocycles. The largest absolute Gasteiger partial charge is 0.369 e. The molecule has 1 amide bonds. The summed E-state index contributed by atoms with van der Waals surface area (Å²) < 4.78 is 27.9. The second-order valence-electron chi connectivity index (χ2n) is 3.78. The summed E-state index contributed by atoms with van der Waals surface area (Å²) in [6, 6.07) is 0. The Morgan fingerprint density at radius 3 is 2.36 bits per heavy atom. The predicted molar refractivity (Wildman–Crippen MR) is 46.7 cm³/mol. The van der Waals surface area contributed by atoms with Gasteiger partial charge in [-0.3, -0.25) is 4.79 Å². The van der Waals surface area contributed by atoms with Gasteiger partial charge in [-0.15, -0.1) is 0 Å². The van der Waals surface area contributed by atoms with Gasteiger partial charge in [-0.05, 0) is 12.8 Å². The number of hydrogen-bond donors (Lipinski definition) is 1. The number of amides is 1. The summed E-state index contributed by atoms with van der Waals surface area (Å²) in [6.45, 7) is -3.08. The van der Waals surface area contributed by atoms with Gasteiger partial charge in [0.2, 0.25) is 5.91 Å². The third-order valence-electron chi connectivity index (χ3n) is 2.82. The van der Waals surface area contributed by atoms with Crippen molar-refractivity contribution in [1.82, 2.24) is 0 Å². The summed E-state index contributed by atoms with van der Waals surface area (Å²) in [5, 5.41) is 0. The van der Waals surface area contributed by atoms with Gasteiger partial charge in [0, 0.05) is 0 Å². The standard InChI is InChI=1S/C9H15F2NO2/c10-8(11)14-6-9(7(12)13)4-2-1-3-5-9/h8H,1-6H2,(H2,12,13). The summed E-state index contributed by atoms with van der Waals surface area (Å²) in [4.78, 5) is 11.2. The molecule has 3 nitrogen and oxygen atoms in total. The fourth-order valence-corrected chi connectivity index (χ4v) is 1.91. The van der Waals surface area contributed by atoms with Crippen molar-refractivity contribution in [2.75, 3.05) is 6.61 Å². The predicted octanol–water partition coefficient (Wildman–Crippen LogP) is 1.66. The van der Waals surface area contributed by atoms with Crippen molar-refractivity contribution in [2.45, 2.75) is 38.7 Å². The quantitative estimate of drug-likeness (QED) is 0.762. The molecule has 1 rings (SSSR count). The highest BCUT2D eigenvalue weighted by molar-refractivity contribution is 5.81. The monoisotopic (exact) mass is 207 g/mol. The molecular formula is C9H15F2NO2. The van der Waals surface area contributed by atoms with Crippen molar-refractivity contribution < 1.29 is 18.3 Å². The van der Waals surface area contributed by atoms with Crippen LogP contribution in [0, 0.1) is 5.41 Å². The molecule has 0 saturated heterocycles. The van der Waals surface area contributed by atoms with Gasteiger partial charge in [0.15, 0.2) is 0 Å². The van der Waals surface area contributed by atoms with Gasteiger partial charge in [-0.1, -0.05) is 19.3 Å². The smallest absolute Gasteiger partial charge is 0.345 e. The topological polar surface area (TPSA) is 52.3 Å². The molecule has 0 aromatic heterocycles. The van der Waals surface area contributed by atoms with Crippen LogP contribution in [0.15, 0.2) is 0 Å². The van der Waals surface area contributed by atoms with Crippen LogP contribution < -0.4 is 5.73 Å². The Morgan fingerprint density at radius 1 is 1.36 bits per heavy atom. The first-order valence-electron chi connectivity index (χ1n) is 4.76. The number of nitrogens with two attached hydrogens (primary N) is 1. The van der Waals surface area contributed by atoms with Gasteiger partial charge in [0.25, 0.3) is 0 Å². The zero-order valence-electron chi connectivity index (χ0n) is 7.97. The van der Waals surface area contributed by atoms with Crippen molar-refractivity contribution in [3.05, 3.63) is 0 Å². The van der Waals surface area contributed by atoms with Crippen LogP contribution in [0.1, 0.15) is 32.1 Å². The summed E-state index contributed by atoms with van der Waals surface area (Å²) in [5.74, 6) is -0.516. The Morgan fingerprint density at radius 2 is 1.93 bits per heavy atom. The van der Waals surface area contributed by atoms with E-state index in [1.807, 2.05) is 0 Å². The molecule has 0 aliphatic heterocycles. The van der Waals surface area contributed by atoms with Crippen LogP contribution in [0.2, 0.25) is 0 Å². The van der Waals surface area contributed by atoms with Crippen molar-refractivity contribution >= 4 is 5.91 Å². The molecule has 0 radical (unpaired) electrons. The third-order valence-corrected chi connectivity index (χ3v) is 2.82. The van der Waals surface area contributed by atoms with E-state index in [2.05, 4.69) is 4.74 Å². The molecule has 1 fully saturated rings. The number of carbonyl (C=O) groups excluding carboxylic acids is 1. The molecule has 0 bridgehead atoms. The van der Waals surface area contributed by atoms with E-state index in [1.54, 1.807) is 0 Å². The van der Waals surface area contributed by atoms with E-state index in [0.29, 0.717) is 12.8 Å². The Labute approximate surface area is 81.6 Å².